The molecule has 2 aromatic carbocycles. The van der Waals surface area contributed by atoms with E-state index in [1.54, 1.807) is 19.1 Å². The number of benzene rings is 2. The highest BCUT2D eigenvalue weighted by Gasteiger charge is 2.21. The van der Waals surface area contributed by atoms with Crippen LogP contribution in [-0.2, 0) is 0 Å². The van der Waals surface area contributed by atoms with Crippen molar-refractivity contribution in [2.24, 2.45) is 5.73 Å². The van der Waals surface area contributed by atoms with Crippen LogP contribution in [0.1, 0.15) is 33.9 Å². The minimum Gasteiger partial charge on any atom is -0.320 e. The van der Waals surface area contributed by atoms with Gasteiger partial charge in [-0.25, -0.2) is 8.78 Å². The first kappa shape index (κ1) is 14.9. The van der Waals surface area contributed by atoms with Crippen LogP contribution in [0, 0.1) is 32.4 Å². The molecule has 0 aliphatic rings. The SMILES string of the molecule is Cc1cc(C(N)c2c(F)ccc(C)c2F)c(C)cc1Cl. The Kier molecular flexibility index (Phi) is 4.11. The van der Waals surface area contributed by atoms with Crippen LogP contribution in [0.5, 0.6) is 0 Å². The summed E-state index contributed by atoms with van der Waals surface area (Å²) in [6, 6.07) is 5.33. The highest BCUT2D eigenvalue weighted by Crippen LogP contribution is 2.31. The summed E-state index contributed by atoms with van der Waals surface area (Å²) in [6.07, 6.45) is 0. The van der Waals surface area contributed by atoms with Crippen LogP contribution in [0.15, 0.2) is 24.3 Å². The van der Waals surface area contributed by atoms with Crippen LogP contribution < -0.4 is 5.73 Å². The molecule has 0 saturated carbocycles. The molecule has 0 saturated heterocycles. The van der Waals surface area contributed by atoms with Gasteiger partial charge < -0.3 is 5.73 Å². The van der Waals surface area contributed by atoms with Gasteiger partial charge in [0.1, 0.15) is 11.6 Å². The second-order valence-electron chi connectivity index (χ2n) is 5.03. The highest BCUT2D eigenvalue weighted by atomic mass is 35.5. The zero-order chi connectivity index (χ0) is 15.0. The van der Waals surface area contributed by atoms with Gasteiger partial charge in [-0.15, -0.1) is 0 Å². The Hall–Kier alpha value is -1.45. The van der Waals surface area contributed by atoms with Crippen LogP contribution in [0.3, 0.4) is 0 Å². The van der Waals surface area contributed by atoms with Gasteiger partial charge in [-0.1, -0.05) is 23.7 Å². The molecular formula is C16H16ClF2N. The minimum absolute atomic E-state index is 0.102. The zero-order valence-corrected chi connectivity index (χ0v) is 12.4. The predicted molar refractivity (Wildman–Crippen MR) is 78.1 cm³/mol. The van der Waals surface area contributed by atoms with Crippen molar-refractivity contribution in [2.75, 3.05) is 0 Å². The molecule has 1 nitrogen and oxygen atoms in total. The van der Waals surface area contributed by atoms with Gasteiger partial charge in [0.05, 0.1) is 6.04 Å². The molecule has 2 N–H and O–H groups in total. The van der Waals surface area contributed by atoms with Crippen molar-refractivity contribution in [3.63, 3.8) is 0 Å². The first-order valence-electron chi connectivity index (χ1n) is 6.29. The molecule has 1 atom stereocenters. The fraction of sp³-hybridized carbons (Fsp3) is 0.250. The number of hydrogen-bond donors (Lipinski definition) is 1. The molecular weight excluding hydrogens is 280 g/mol. The molecule has 0 bridgehead atoms. The third-order valence-corrected chi connectivity index (χ3v) is 3.92. The monoisotopic (exact) mass is 295 g/mol. The van der Waals surface area contributed by atoms with E-state index >= 15 is 0 Å². The lowest BCUT2D eigenvalue weighted by atomic mass is 9.92. The summed E-state index contributed by atoms with van der Waals surface area (Å²) in [5.74, 6) is -1.22. The lowest BCUT2D eigenvalue weighted by molar-refractivity contribution is 0.537. The molecule has 0 fully saturated rings. The number of rotatable bonds is 2. The second kappa shape index (κ2) is 5.51. The van der Waals surface area contributed by atoms with Crippen LogP contribution in [0.25, 0.3) is 0 Å². The molecule has 2 aromatic rings. The summed E-state index contributed by atoms with van der Waals surface area (Å²) in [7, 11) is 0. The van der Waals surface area contributed by atoms with Crippen molar-refractivity contribution in [1.82, 2.24) is 0 Å². The number of halogens is 3. The maximum atomic E-state index is 14.2. The van der Waals surface area contributed by atoms with E-state index in [2.05, 4.69) is 0 Å². The fourth-order valence-corrected chi connectivity index (χ4v) is 2.48. The first-order chi connectivity index (χ1) is 9.32. The van der Waals surface area contributed by atoms with Crippen molar-refractivity contribution in [3.8, 4) is 0 Å². The molecule has 0 heterocycles. The van der Waals surface area contributed by atoms with Crippen LogP contribution >= 0.6 is 11.6 Å². The summed E-state index contributed by atoms with van der Waals surface area (Å²) < 4.78 is 28.1. The number of aryl methyl sites for hydroxylation is 3. The summed E-state index contributed by atoms with van der Waals surface area (Å²) >= 11 is 6.04. The third-order valence-electron chi connectivity index (χ3n) is 3.51. The Morgan fingerprint density at radius 2 is 1.65 bits per heavy atom. The molecule has 2 rings (SSSR count). The number of hydrogen-bond acceptors (Lipinski definition) is 1. The second-order valence-corrected chi connectivity index (χ2v) is 5.43. The lowest BCUT2D eigenvalue weighted by Gasteiger charge is -2.19. The Balaban J connectivity index is 2.60. The molecule has 20 heavy (non-hydrogen) atoms. The van der Waals surface area contributed by atoms with Crippen molar-refractivity contribution in [3.05, 3.63) is 68.7 Å². The summed E-state index contributed by atoms with van der Waals surface area (Å²) in [5.41, 5.74) is 8.68. The van der Waals surface area contributed by atoms with Gasteiger partial charge in [0.15, 0.2) is 0 Å². The van der Waals surface area contributed by atoms with E-state index in [4.69, 9.17) is 17.3 Å². The van der Waals surface area contributed by atoms with Crippen molar-refractivity contribution in [2.45, 2.75) is 26.8 Å². The van der Waals surface area contributed by atoms with E-state index in [9.17, 15) is 8.78 Å². The van der Waals surface area contributed by atoms with Crippen molar-refractivity contribution in [1.29, 1.82) is 0 Å². The van der Waals surface area contributed by atoms with Gasteiger partial charge in [0.25, 0.3) is 0 Å². The lowest BCUT2D eigenvalue weighted by Crippen LogP contribution is -2.17. The first-order valence-corrected chi connectivity index (χ1v) is 6.67. The van der Waals surface area contributed by atoms with Crippen molar-refractivity contribution < 1.29 is 8.78 Å². The third kappa shape index (κ3) is 2.56. The molecule has 0 spiro atoms. The van der Waals surface area contributed by atoms with Gasteiger partial charge in [-0.3, -0.25) is 0 Å². The maximum absolute atomic E-state index is 14.2. The van der Waals surface area contributed by atoms with Gasteiger partial charge in [-0.05, 0) is 55.2 Å². The molecule has 1 unspecified atom stereocenters. The molecule has 0 aliphatic heterocycles. The van der Waals surface area contributed by atoms with E-state index in [0.717, 1.165) is 11.1 Å². The Morgan fingerprint density at radius 3 is 2.30 bits per heavy atom. The quantitative estimate of drug-likeness (QED) is 0.861. The Morgan fingerprint density at radius 1 is 1.00 bits per heavy atom. The average Bonchev–Trinajstić information content (AvgIpc) is 2.38. The van der Waals surface area contributed by atoms with E-state index in [0.29, 0.717) is 16.1 Å². The normalized spacial score (nSPS) is 12.6. The fourth-order valence-electron chi connectivity index (χ4n) is 2.26. The van der Waals surface area contributed by atoms with Crippen molar-refractivity contribution >= 4 is 11.6 Å². The summed E-state index contributed by atoms with van der Waals surface area (Å²) in [5, 5.41) is 0.614. The van der Waals surface area contributed by atoms with Gasteiger partial charge in [0.2, 0.25) is 0 Å². The molecule has 4 heteroatoms. The van der Waals surface area contributed by atoms with Gasteiger partial charge in [0, 0.05) is 10.6 Å². The predicted octanol–water partition coefficient (Wildman–Crippen LogP) is 4.59. The summed E-state index contributed by atoms with van der Waals surface area (Å²) in [4.78, 5) is 0. The van der Waals surface area contributed by atoms with Gasteiger partial charge in [-0.2, -0.15) is 0 Å². The van der Waals surface area contributed by atoms with Crippen LogP contribution in [0.2, 0.25) is 5.02 Å². The Labute approximate surface area is 122 Å². The maximum Gasteiger partial charge on any atom is 0.134 e. The van der Waals surface area contributed by atoms with Crippen LogP contribution in [0.4, 0.5) is 8.78 Å². The van der Waals surface area contributed by atoms with E-state index in [1.165, 1.54) is 12.1 Å². The molecule has 0 aliphatic carbocycles. The standard InChI is InChI=1S/C16H16ClF2N/c1-8-4-5-13(18)14(15(8)19)16(20)11-6-10(3)12(17)7-9(11)2/h4-7,16H,20H2,1-3H3. The number of nitrogens with two attached hydrogens (primary N) is 1. The smallest absolute Gasteiger partial charge is 0.134 e. The highest BCUT2D eigenvalue weighted by molar-refractivity contribution is 6.31. The van der Waals surface area contributed by atoms with E-state index < -0.39 is 17.7 Å². The molecule has 0 aromatic heterocycles. The molecule has 106 valence electrons. The molecule has 0 radical (unpaired) electrons. The topological polar surface area (TPSA) is 26.0 Å². The van der Waals surface area contributed by atoms with Crippen LogP contribution in [-0.4, -0.2) is 0 Å². The summed E-state index contributed by atoms with van der Waals surface area (Å²) in [6.45, 7) is 5.25. The largest absolute Gasteiger partial charge is 0.320 e. The minimum atomic E-state index is -0.856. The molecule has 0 amide bonds. The zero-order valence-electron chi connectivity index (χ0n) is 11.6. The van der Waals surface area contributed by atoms with Gasteiger partial charge >= 0.3 is 0 Å². The average molecular weight is 296 g/mol. The Bertz CT molecular complexity index is 668. The van der Waals surface area contributed by atoms with E-state index in [-0.39, 0.29) is 5.56 Å². The van der Waals surface area contributed by atoms with E-state index in [1.807, 2.05) is 13.8 Å².